The molecule has 0 saturated heterocycles. The van der Waals surface area contributed by atoms with E-state index in [1.165, 1.54) is 13.4 Å². The smallest absolute Gasteiger partial charge is 0.364 e. The van der Waals surface area contributed by atoms with Gasteiger partial charge in [-0.25, -0.2) is 14.5 Å². The third-order valence-electron chi connectivity index (χ3n) is 3.09. The molecule has 1 aliphatic rings. The van der Waals surface area contributed by atoms with Crippen molar-refractivity contribution in [3.05, 3.63) is 45.9 Å². The zero-order valence-electron chi connectivity index (χ0n) is 10.9. The first-order chi connectivity index (χ1) is 9.65. The van der Waals surface area contributed by atoms with Crippen LogP contribution in [-0.2, 0) is 24.8 Å². The molecule has 20 heavy (non-hydrogen) atoms. The Kier molecular flexibility index (Phi) is 3.07. The SMILES string of the molecule is Cn1ncn(NC(=O)c2ccc3c(n2)CCOC3)c1=O. The Morgan fingerprint density at radius 3 is 3.05 bits per heavy atom. The summed E-state index contributed by atoms with van der Waals surface area (Å²) in [4.78, 5) is 28.0. The van der Waals surface area contributed by atoms with Gasteiger partial charge in [0, 0.05) is 19.2 Å². The quantitative estimate of drug-likeness (QED) is 0.792. The molecule has 0 saturated carbocycles. The Morgan fingerprint density at radius 2 is 2.30 bits per heavy atom. The molecule has 8 heteroatoms. The molecule has 1 N–H and O–H groups in total. The standard InChI is InChI=1S/C12H13N5O3/c1-16-12(19)17(7-13-16)15-11(18)10-3-2-8-6-20-5-4-9(8)14-10/h2-3,7H,4-6H2,1H3,(H,15,18). The molecule has 1 amide bonds. The van der Waals surface area contributed by atoms with Crippen molar-refractivity contribution in [3.8, 4) is 0 Å². The summed E-state index contributed by atoms with van der Waals surface area (Å²) in [5.41, 5.74) is 4.14. The molecule has 0 fully saturated rings. The van der Waals surface area contributed by atoms with E-state index in [4.69, 9.17) is 4.74 Å². The molecule has 1 aliphatic heterocycles. The highest BCUT2D eigenvalue weighted by atomic mass is 16.5. The van der Waals surface area contributed by atoms with Crippen LogP contribution in [0.1, 0.15) is 21.7 Å². The lowest BCUT2D eigenvalue weighted by Gasteiger charge is -2.15. The topological polar surface area (TPSA) is 91.0 Å². The van der Waals surface area contributed by atoms with Crippen LogP contribution >= 0.6 is 0 Å². The van der Waals surface area contributed by atoms with Crippen LogP contribution in [0.4, 0.5) is 0 Å². The van der Waals surface area contributed by atoms with Gasteiger partial charge in [-0.05, 0) is 11.6 Å². The molecule has 3 rings (SSSR count). The summed E-state index contributed by atoms with van der Waals surface area (Å²) < 4.78 is 7.46. The Bertz CT molecular complexity index is 718. The lowest BCUT2D eigenvalue weighted by Crippen LogP contribution is -2.33. The maximum atomic E-state index is 12.1. The van der Waals surface area contributed by atoms with Crippen LogP contribution < -0.4 is 11.1 Å². The van der Waals surface area contributed by atoms with Gasteiger partial charge in [-0.15, -0.1) is 0 Å². The number of amides is 1. The van der Waals surface area contributed by atoms with E-state index < -0.39 is 11.6 Å². The lowest BCUT2D eigenvalue weighted by molar-refractivity contribution is 0.0994. The summed E-state index contributed by atoms with van der Waals surface area (Å²) in [7, 11) is 1.50. The lowest BCUT2D eigenvalue weighted by atomic mass is 10.1. The summed E-state index contributed by atoms with van der Waals surface area (Å²) in [5, 5.41) is 3.75. The van der Waals surface area contributed by atoms with Crippen molar-refractivity contribution in [1.82, 2.24) is 19.4 Å². The first-order valence-corrected chi connectivity index (χ1v) is 6.14. The van der Waals surface area contributed by atoms with Crippen LogP contribution in [0.5, 0.6) is 0 Å². The summed E-state index contributed by atoms with van der Waals surface area (Å²) in [6.45, 7) is 1.12. The van der Waals surface area contributed by atoms with Gasteiger partial charge < -0.3 is 4.74 Å². The summed E-state index contributed by atoms with van der Waals surface area (Å²) in [6, 6.07) is 3.44. The molecular weight excluding hydrogens is 262 g/mol. The summed E-state index contributed by atoms with van der Waals surface area (Å²) >= 11 is 0. The number of hydrogen-bond donors (Lipinski definition) is 1. The van der Waals surface area contributed by atoms with E-state index in [0.717, 1.165) is 20.6 Å². The van der Waals surface area contributed by atoms with Gasteiger partial charge in [0.1, 0.15) is 12.0 Å². The third-order valence-corrected chi connectivity index (χ3v) is 3.09. The van der Waals surface area contributed by atoms with E-state index in [2.05, 4.69) is 15.5 Å². The fourth-order valence-electron chi connectivity index (χ4n) is 1.98. The van der Waals surface area contributed by atoms with Crippen molar-refractivity contribution in [3.63, 3.8) is 0 Å². The van der Waals surface area contributed by atoms with Crippen LogP contribution in [0.2, 0.25) is 0 Å². The van der Waals surface area contributed by atoms with Gasteiger partial charge in [0.25, 0.3) is 5.91 Å². The van der Waals surface area contributed by atoms with Crippen LogP contribution in [0, 0.1) is 0 Å². The number of aryl methyl sites for hydroxylation is 1. The van der Waals surface area contributed by atoms with Crippen molar-refractivity contribution in [1.29, 1.82) is 0 Å². The van der Waals surface area contributed by atoms with E-state index in [0.29, 0.717) is 19.6 Å². The molecule has 2 aromatic heterocycles. The van der Waals surface area contributed by atoms with E-state index in [9.17, 15) is 9.59 Å². The Balaban J connectivity index is 1.84. The van der Waals surface area contributed by atoms with E-state index in [-0.39, 0.29) is 5.69 Å². The van der Waals surface area contributed by atoms with Gasteiger partial charge in [-0.2, -0.15) is 9.77 Å². The Labute approximate surface area is 114 Å². The monoisotopic (exact) mass is 275 g/mol. The largest absolute Gasteiger partial charge is 0.376 e. The highest BCUT2D eigenvalue weighted by molar-refractivity contribution is 5.98. The van der Waals surface area contributed by atoms with Crippen molar-refractivity contribution in [2.75, 3.05) is 12.0 Å². The van der Waals surface area contributed by atoms with Gasteiger partial charge in [-0.3, -0.25) is 10.2 Å². The number of ether oxygens (including phenoxy) is 1. The molecule has 0 bridgehead atoms. The number of fused-ring (bicyclic) bond motifs is 1. The Hall–Kier alpha value is -2.48. The predicted molar refractivity (Wildman–Crippen MR) is 68.8 cm³/mol. The molecule has 0 radical (unpaired) electrons. The maximum Gasteiger partial charge on any atom is 0.364 e. The van der Waals surface area contributed by atoms with E-state index in [1.807, 2.05) is 6.07 Å². The van der Waals surface area contributed by atoms with Gasteiger partial charge in [0.15, 0.2) is 0 Å². The number of hydrogen-bond acceptors (Lipinski definition) is 5. The van der Waals surface area contributed by atoms with Gasteiger partial charge >= 0.3 is 5.69 Å². The Morgan fingerprint density at radius 1 is 1.45 bits per heavy atom. The van der Waals surface area contributed by atoms with Crippen LogP contribution in [0.3, 0.4) is 0 Å². The second kappa shape index (κ2) is 4.89. The molecular formula is C12H13N5O3. The van der Waals surface area contributed by atoms with Crippen LogP contribution in [-0.4, -0.2) is 32.0 Å². The van der Waals surface area contributed by atoms with E-state index in [1.54, 1.807) is 6.07 Å². The first kappa shape index (κ1) is 12.5. The van der Waals surface area contributed by atoms with Gasteiger partial charge in [-0.1, -0.05) is 6.07 Å². The number of rotatable bonds is 2. The van der Waals surface area contributed by atoms with Gasteiger partial charge in [0.05, 0.1) is 13.2 Å². The molecule has 8 nitrogen and oxygen atoms in total. The van der Waals surface area contributed by atoms with Crippen molar-refractivity contribution >= 4 is 5.91 Å². The molecule has 104 valence electrons. The molecule has 2 aromatic rings. The number of carbonyl (C=O) groups excluding carboxylic acids is 1. The van der Waals surface area contributed by atoms with Crippen LogP contribution in [0.15, 0.2) is 23.3 Å². The molecule has 0 aromatic carbocycles. The molecule has 0 unspecified atom stereocenters. The summed E-state index contributed by atoms with van der Waals surface area (Å²) in [6.07, 6.45) is 1.93. The number of nitrogens with zero attached hydrogens (tertiary/aromatic N) is 4. The van der Waals surface area contributed by atoms with E-state index >= 15 is 0 Å². The molecule has 0 atom stereocenters. The average molecular weight is 275 g/mol. The second-order valence-electron chi connectivity index (χ2n) is 4.45. The third kappa shape index (κ3) is 2.21. The zero-order valence-corrected chi connectivity index (χ0v) is 10.9. The summed E-state index contributed by atoms with van der Waals surface area (Å²) in [5.74, 6) is -0.450. The highest BCUT2D eigenvalue weighted by Crippen LogP contribution is 2.15. The fraction of sp³-hybridized carbons (Fsp3) is 0.333. The zero-order chi connectivity index (χ0) is 14.1. The number of nitrogens with one attached hydrogen (secondary N) is 1. The number of aromatic nitrogens is 4. The fourth-order valence-corrected chi connectivity index (χ4v) is 1.98. The average Bonchev–Trinajstić information content (AvgIpc) is 2.78. The minimum atomic E-state index is -0.450. The van der Waals surface area contributed by atoms with Crippen LogP contribution in [0.25, 0.3) is 0 Å². The highest BCUT2D eigenvalue weighted by Gasteiger charge is 2.15. The second-order valence-corrected chi connectivity index (χ2v) is 4.45. The maximum absolute atomic E-state index is 12.1. The normalized spacial score (nSPS) is 13.8. The molecule has 0 aliphatic carbocycles. The molecule has 0 spiro atoms. The van der Waals surface area contributed by atoms with Gasteiger partial charge in [0.2, 0.25) is 0 Å². The van der Waals surface area contributed by atoms with Crippen molar-refractivity contribution in [2.45, 2.75) is 13.0 Å². The predicted octanol–water partition coefficient (Wildman–Crippen LogP) is -0.567. The minimum Gasteiger partial charge on any atom is -0.376 e. The van der Waals surface area contributed by atoms with Crippen molar-refractivity contribution < 1.29 is 9.53 Å². The first-order valence-electron chi connectivity index (χ1n) is 6.14. The molecule has 3 heterocycles. The number of pyridine rings is 1. The number of carbonyl (C=O) groups is 1. The minimum absolute atomic E-state index is 0.265. The van der Waals surface area contributed by atoms with Crippen molar-refractivity contribution in [2.24, 2.45) is 7.05 Å².